The molecule has 0 amide bonds. The van der Waals surface area contributed by atoms with Crippen molar-refractivity contribution in [2.45, 2.75) is 84.1 Å². The molecule has 1 aromatic carbocycles. The number of aryl methyl sites for hydroxylation is 2. The van der Waals surface area contributed by atoms with E-state index >= 15 is 0 Å². The number of pyridine rings is 1. The van der Waals surface area contributed by atoms with Crippen molar-refractivity contribution in [3.63, 3.8) is 0 Å². The molecule has 174 valence electrons. The third-order valence-corrected chi connectivity index (χ3v) is 6.84. The Labute approximate surface area is 197 Å². The average Bonchev–Trinajstić information content (AvgIpc) is 3.25. The zero-order valence-electron chi connectivity index (χ0n) is 19.9. The van der Waals surface area contributed by atoms with E-state index in [0.717, 1.165) is 60.8 Å². The molecule has 1 fully saturated rings. The molecule has 5 nitrogen and oxygen atoms in total. The molecule has 1 aliphatic rings. The fraction of sp³-hybridized carbons (Fsp3) is 0.500. The largest absolute Gasteiger partial charge is 0.296 e. The number of carbonyl (C=O) groups excluding carboxylic acids is 1. The van der Waals surface area contributed by atoms with Gasteiger partial charge in [0.2, 0.25) is 0 Å². The van der Waals surface area contributed by atoms with Crippen LogP contribution in [0.2, 0.25) is 0 Å². The minimum Gasteiger partial charge on any atom is -0.296 e. The van der Waals surface area contributed by atoms with Crippen LogP contribution in [0.4, 0.5) is 0 Å². The molecule has 0 bridgehead atoms. The van der Waals surface area contributed by atoms with Gasteiger partial charge in [0.25, 0.3) is 0 Å². The predicted molar refractivity (Wildman–Crippen MR) is 132 cm³/mol. The second kappa shape index (κ2) is 11.9. The van der Waals surface area contributed by atoms with E-state index in [4.69, 9.17) is 10.1 Å². The summed E-state index contributed by atoms with van der Waals surface area (Å²) in [6.45, 7) is 3.17. The van der Waals surface area contributed by atoms with E-state index in [1.54, 1.807) is 6.20 Å². The van der Waals surface area contributed by atoms with Crippen molar-refractivity contribution >= 4 is 6.29 Å². The topological polar surface area (TPSA) is 60.7 Å². The summed E-state index contributed by atoms with van der Waals surface area (Å²) in [4.78, 5) is 20.5. The molecule has 3 aromatic rings. The van der Waals surface area contributed by atoms with Crippen molar-refractivity contribution in [3.8, 4) is 11.1 Å². The minimum atomic E-state index is 0.475. The molecule has 2 aromatic heterocycles. The second-order valence-corrected chi connectivity index (χ2v) is 9.34. The van der Waals surface area contributed by atoms with Crippen LogP contribution in [0.5, 0.6) is 0 Å². The highest BCUT2D eigenvalue weighted by Crippen LogP contribution is 2.27. The molecule has 1 saturated carbocycles. The molecule has 0 N–H and O–H groups in total. The van der Waals surface area contributed by atoms with Gasteiger partial charge in [0.1, 0.15) is 11.5 Å². The Hall–Kier alpha value is -2.82. The number of hydrogen-bond donors (Lipinski definition) is 0. The van der Waals surface area contributed by atoms with Gasteiger partial charge in [-0.25, -0.2) is 9.67 Å². The molecule has 33 heavy (non-hydrogen) atoms. The first-order valence-electron chi connectivity index (χ1n) is 12.7. The maximum absolute atomic E-state index is 11.3. The molecule has 1 aliphatic carbocycles. The van der Waals surface area contributed by atoms with Crippen LogP contribution in [-0.4, -0.2) is 26.0 Å². The van der Waals surface area contributed by atoms with Crippen LogP contribution in [-0.2, 0) is 19.4 Å². The Morgan fingerprint density at radius 3 is 2.64 bits per heavy atom. The smallest absolute Gasteiger partial charge is 0.169 e. The maximum atomic E-state index is 11.3. The summed E-state index contributed by atoms with van der Waals surface area (Å²) in [5, 5.41) is 4.91. The molecule has 4 rings (SSSR count). The molecule has 0 radical (unpaired) electrons. The van der Waals surface area contributed by atoms with Gasteiger partial charge in [0.15, 0.2) is 12.1 Å². The van der Waals surface area contributed by atoms with E-state index in [2.05, 4.69) is 40.9 Å². The number of aldehydes is 1. The van der Waals surface area contributed by atoms with Gasteiger partial charge in [-0.2, -0.15) is 5.10 Å². The molecular weight excluding hydrogens is 408 g/mol. The molecule has 2 heterocycles. The number of unbranched alkanes of at least 4 members (excludes halogenated alkanes) is 2. The lowest BCUT2D eigenvalue weighted by atomic mass is 9.86. The van der Waals surface area contributed by atoms with Gasteiger partial charge in [-0.15, -0.1) is 0 Å². The summed E-state index contributed by atoms with van der Waals surface area (Å²) in [6.07, 6.45) is 15.9. The zero-order valence-corrected chi connectivity index (χ0v) is 19.9. The van der Waals surface area contributed by atoms with Crippen molar-refractivity contribution in [3.05, 3.63) is 65.5 Å². The first kappa shape index (κ1) is 23.3. The van der Waals surface area contributed by atoms with Crippen LogP contribution in [0.3, 0.4) is 0 Å². The number of carbonyl (C=O) groups is 1. The van der Waals surface area contributed by atoms with Crippen molar-refractivity contribution in [2.75, 3.05) is 0 Å². The van der Waals surface area contributed by atoms with E-state index in [1.165, 1.54) is 56.9 Å². The van der Waals surface area contributed by atoms with Gasteiger partial charge in [0.05, 0.1) is 0 Å². The Bertz CT molecular complexity index is 1020. The van der Waals surface area contributed by atoms with Gasteiger partial charge in [-0.1, -0.05) is 82.2 Å². The fourth-order valence-electron chi connectivity index (χ4n) is 4.90. The summed E-state index contributed by atoms with van der Waals surface area (Å²) >= 11 is 0. The van der Waals surface area contributed by atoms with E-state index in [0.29, 0.717) is 5.69 Å². The number of hydrogen-bond acceptors (Lipinski definition) is 4. The van der Waals surface area contributed by atoms with Crippen molar-refractivity contribution < 1.29 is 4.79 Å². The lowest BCUT2D eigenvalue weighted by Crippen LogP contribution is -2.08. The predicted octanol–water partition coefficient (Wildman–Crippen LogP) is 6.45. The van der Waals surface area contributed by atoms with Crippen molar-refractivity contribution in [2.24, 2.45) is 5.92 Å². The number of benzene rings is 1. The standard InChI is InChI=1S/C28H36N4O/c1-2-3-7-19-32-28(30-27(31-32)17-14-22-9-5-4-6-10-22)20-23-12-15-24(16-13-23)25-11-8-18-29-26(25)21-33/h8,11-13,15-16,18,21-22H,2-7,9-10,14,17,19-20H2,1H3. The summed E-state index contributed by atoms with van der Waals surface area (Å²) in [6, 6.07) is 12.2. The van der Waals surface area contributed by atoms with Crippen LogP contribution in [0.25, 0.3) is 11.1 Å². The highest BCUT2D eigenvalue weighted by molar-refractivity contribution is 5.85. The Balaban J connectivity index is 1.46. The molecule has 0 spiro atoms. The monoisotopic (exact) mass is 444 g/mol. The average molecular weight is 445 g/mol. The van der Waals surface area contributed by atoms with Gasteiger partial charge < -0.3 is 0 Å². The SMILES string of the molecule is CCCCCn1nc(CCC2CCCCC2)nc1Cc1ccc(-c2cccnc2C=O)cc1. The van der Waals surface area contributed by atoms with Gasteiger partial charge in [-0.05, 0) is 36.0 Å². The quantitative estimate of drug-likeness (QED) is 0.252. The van der Waals surface area contributed by atoms with Gasteiger partial charge in [0, 0.05) is 31.1 Å². The minimum absolute atomic E-state index is 0.475. The van der Waals surface area contributed by atoms with E-state index in [1.807, 2.05) is 12.1 Å². The van der Waals surface area contributed by atoms with Gasteiger partial charge >= 0.3 is 0 Å². The molecular formula is C28H36N4O. The van der Waals surface area contributed by atoms with E-state index < -0.39 is 0 Å². The zero-order chi connectivity index (χ0) is 22.9. The highest BCUT2D eigenvalue weighted by atomic mass is 16.1. The normalized spacial score (nSPS) is 14.5. The third kappa shape index (κ3) is 6.37. The van der Waals surface area contributed by atoms with Crippen LogP contribution in [0.1, 0.15) is 92.4 Å². The first-order valence-corrected chi connectivity index (χ1v) is 12.7. The molecule has 0 saturated heterocycles. The number of aromatic nitrogens is 4. The first-order chi connectivity index (χ1) is 16.3. The second-order valence-electron chi connectivity index (χ2n) is 9.34. The lowest BCUT2D eigenvalue weighted by Gasteiger charge is -2.20. The summed E-state index contributed by atoms with van der Waals surface area (Å²) in [5.74, 6) is 2.92. The maximum Gasteiger partial charge on any atom is 0.169 e. The van der Waals surface area contributed by atoms with Crippen molar-refractivity contribution in [1.82, 2.24) is 19.7 Å². The van der Waals surface area contributed by atoms with Gasteiger partial charge in [-0.3, -0.25) is 9.78 Å². The number of nitrogens with zero attached hydrogens (tertiary/aromatic N) is 4. The summed E-state index contributed by atoms with van der Waals surface area (Å²) in [5.41, 5.74) is 3.56. The third-order valence-electron chi connectivity index (χ3n) is 6.84. The highest BCUT2D eigenvalue weighted by Gasteiger charge is 2.16. The molecule has 0 aliphatic heterocycles. The Morgan fingerprint density at radius 1 is 1.06 bits per heavy atom. The fourth-order valence-corrected chi connectivity index (χ4v) is 4.90. The molecule has 0 atom stereocenters. The molecule has 5 heteroatoms. The molecule has 0 unspecified atom stereocenters. The number of rotatable bonds is 11. The van der Waals surface area contributed by atoms with Crippen molar-refractivity contribution in [1.29, 1.82) is 0 Å². The summed E-state index contributed by atoms with van der Waals surface area (Å²) in [7, 11) is 0. The summed E-state index contributed by atoms with van der Waals surface area (Å²) < 4.78 is 2.14. The Morgan fingerprint density at radius 2 is 1.88 bits per heavy atom. The van der Waals surface area contributed by atoms with E-state index in [-0.39, 0.29) is 0 Å². The van der Waals surface area contributed by atoms with Crippen LogP contribution in [0.15, 0.2) is 42.6 Å². The van der Waals surface area contributed by atoms with Crippen LogP contribution in [0, 0.1) is 5.92 Å². The van der Waals surface area contributed by atoms with Crippen LogP contribution < -0.4 is 0 Å². The van der Waals surface area contributed by atoms with E-state index in [9.17, 15) is 4.79 Å². The van der Waals surface area contributed by atoms with Crippen LogP contribution >= 0.6 is 0 Å². The Kier molecular flexibility index (Phi) is 8.40. The lowest BCUT2D eigenvalue weighted by molar-refractivity contribution is 0.111.